The highest BCUT2D eigenvalue weighted by Crippen LogP contribution is 2.39. The summed E-state index contributed by atoms with van der Waals surface area (Å²) in [5.74, 6) is 0. The predicted molar refractivity (Wildman–Crippen MR) is 75.6 cm³/mol. The van der Waals surface area contributed by atoms with Crippen LogP contribution in [0.25, 0.3) is 0 Å². The molecule has 3 nitrogen and oxygen atoms in total. The molecule has 0 radical (unpaired) electrons. The molecule has 18 heavy (non-hydrogen) atoms. The highest BCUT2D eigenvalue weighted by molar-refractivity contribution is 9.10. The summed E-state index contributed by atoms with van der Waals surface area (Å²) in [7, 11) is 0. The van der Waals surface area contributed by atoms with Gasteiger partial charge in [0.25, 0.3) is 0 Å². The van der Waals surface area contributed by atoms with Gasteiger partial charge >= 0.3 is 0 Å². The van der Waals surface area contributed by atoms with E-state index in [1.54, 1.807) is 0 Å². The van der Waals surface area contributed by atoms with Crippen molar-refractivity contribution in [3.05, 3.63) is 33.8 Å². The van der Waals surface area contributed by atoms with E-state index < -0.39 is 0 Å². The van der Waals surface area contributed by atoms with E-state index in [-0.39, 0.29) is 6.10 Å². The maximum Gasteiger partial charge on any atom is 0.0824 e. The average molecular weight is 311 g/mol. The average Bonchev–Trinajstić information content (AvgIpc) is 2.84. The molecular weight excluding hydrogens is 292 g/mol. The smallest absolute Gasteiger partial charge is 0.0824 e. The zero-order valence-electron chi connectivity index (χ0n) is 10.4. The van der Waals surface area contributed by atoms with Crippen LogP contribution in [0.4, 0.5) is 0 Å². The van der Waals surface area contributed by atoms with Crippen LogP contribution in [0.3, 0.4) is 0 Å². The first kappa shape index (κ1) is 12.6. The van der Waals surface area contributed by atoms with E-state index in [0.717, 1.165) is 19.7 Å². The summed E-state index contributed by atoms with van der Waals surface area (Å²) >= 11 is 3.66. The summed E-state index contributed by atoms with van der Waals surface area (Å²) in [5.41, 5.74) is 8.70. The molecule has 1 aromatic carbocycles. The Balaban J connectivity index is 1.81. The molecule has 1 aliphatic carbocycles. The number of fused-ring (bicyclic) bond motifs is 1. The molecule has 1 fully saturated rings. The minimum absolute atomic E-state index is 0.204. The minimum Gasteiger partial charge on any atom is -0.374 e. The SMILES string of the molecule is NCC1CN(C2CCc3c(Br)cccc32)CCO1. The second-order valence-corrected chi connectivity index (χ2v) is 5.94. The van der Waals surface area contributed by atoms with Gasteiger partial charge in [0, 0.05) is 30.1 Å². The number of morpholine rings is 1. The molecule has 0 spiro atoms. The van der Waals surface area contributed by atoms with Gasteiger partial charge < -0.3 is 10.5 Å². The molecule has 2 atom stereocenters. The molecule has 2 N–H and O–H groups in total. The molecule has 1 saturated heterocycles. The first-order valence-corrected chi connectivity index (χ1v) is 7.42. The first-order valence-electron chi connectivity index (χ1n) is 6.62. The fourth-order valence-corrected chi connectivity index (χ4v) is 3.71. The van der Waals surface area contributed by atoms with E-state index in [2.05, 4.69) is 39.0 Å². The summed E-state index contributed by atoms with van der Waals surface area (Å²) in [6.45, 7) is 3.41. The highest BCUT2D eigenvalue weighted by Gasteiger charge is 2.32. The lowest BCUT2D eigenvalue weighted by Gasteiger charge is -2.36. The summed E-state index contributed by atoms with van der Waals surface area (Å²) in [6.07, 6.45) is 2.59. The second kappa shape index (κ2) is 5.29. The van der Waals surface area contributed by atoms with Gasteiger partial charge in [0.1, 0.15) is 0 Å². The zero-order valence-corrected chi connectivity index (χ0v) is 12.0. The van der Waals surface area contributed by atoms with Gasteiger partial charge in [-0.25, -0.2) is 0 Å². The van der Waals surface area contributed by atoms with Crippen LogP contribution in [0.2, 0.25) is 0 Å². The van der Waals surface area contributed by atoms with Crippen molar-refractivity contribution in [3.63, 3.8) is 0 Å². The van der Waals surface area contributed by atoms with Crippen LogP contribution < -0.4 is 5.73 Å². The summed E-state index contributed by atoms with van der Waals surface area (Å²) < 4.78 is 6.91. The summed E-state index contributed by atoms with van der Waals surface area (Å²) in [6, 6.07) is 7.10. The number of benzene rings is 1. The number of nitrogens with zero attached hydrogens (tertiary/aromatic N) is 1. The van der Waals surface area contributed by atoms with E-state index in [1.807, 2.05) is 0 Å². The lowest BCUT2D eigenvalue weighted by Crippen LogP contribution is -2.46. The van der Waals surface area contributed by atoms with Crippen LogP contribution in [-0.2, 0) is 11.2 Å². The lowest BCUT2D eigenvalue weighted by atomic mass is 10.1. The Hall–Kier alpha value is -0.420. The fraction of sp³-hybridized carbons (Fsp3) is 0.571. The molecule has 0 bridgehead atoms. The van der Waals surface area contributed by atoms with Crippen LogP contribution in [0.5, 0.6) is 0 Å². The number of hydrogen-bond donors (Lipinski definition) is 1. The Morgan fingerprint density at radius 2 is 2.33 bits per heavy atom. The molecule has 0 amide bonds. The van der Waals surface area contributed by atoms with Gasteiger partial charge in [-0.3, -0.25) is 4.90 Å². The zero-order chi connectivity index (χ0) is 12.5. The van der Waals surface area contributed by atoms with Gasteiger partial charge in [-0.15, -0.1) is 0 Å². The molecule has 2 unspecified atom stereocenters. The lowest BCUT2D eigenvalue weighted by molar-refractivity contribution is -0.0387. The van der Waals surface area contributed by atoms with Crippen LogP contribution in [0.15, 0.2) is 22.7 Å². The number of nitrogens with two attached hydrogens (primary N) is 1. The molecular formula is C14H19BrN2O. The third-order valence-corrected chi connectivity index (χ3v) is 4.80. The molecule has 1 aromatic rings. The quantitative estimate of drug-likeness (QED) is 0.909. The van der Waals surface area contributed by atoms with Crippen molar-refractivity contribution in [2.24, 2.45) is 5.73 Å². The van der Waals surface area contributed by atoms with Gasteiger partial charge in [-0.05, 0) is 30.0 Å². The second-order valence-electron chi connectivity index (χ2n) is 5.09. The van der Waals surface area contributed by atoms with Crippen LogP contribution in [-0.4, -0.2) is 37.2 Å². The van der Waals surface area contributed by atoms with Crippen molar-refractivity contribution >= 4 is 15.9 Å². The Labute approximate surface area is 116 Å². The van der Waals surface area contributed by atoms with Gasteiger partial charge in [-0.1, -0.05) is 28.1 Å². The predicted octanol–water partition coefficient (Wildman–Crippen LogP) is 2.10. The number of hydrogen-bond acceptors (Lipinski definition) is 3. The van der Waals surface area contributed by atoms with E-state index in [4.69, 9.17) is 10.5 Å². The highest BCUT2D eigenvalue weighted by atomic mass is 79.9. The topological polar surface area (TPSA) is 38.5 Å². The fourth-order valence-electron chi connectivity index (χ4n) is 3.13. The Morgan fingerprint density at radius 3 is 3.17 bits per heavy atom. The van der Waals surface area contributed by atoms with E-state index in [9.17, 15) is 0 Å². The normalized spacial score (nSPS) is 28.3. The maximum atomic E-state index is 5.72. The first-order chi connectivity index (χ1) is 8.79. The van der Waals surface area contributed by atoms with Crippen LogP contribution in [0.1, 0.15) is 23.6 Å². The monoisotopic (exact) mass is 310 g/mol. The molecule has 1 aliphatic heterocycles. The Bertz CT molecular complexity index is 438. The Kier molecular flexibility index (Phi) is 3.71. The third kappa shape index (κ3) is 2.23. The standard InChI is InChI=1S/C14H19BrN2O/c15-13-3-1-2-12-11(13)4-5-14(12)17-6-7-18-10(8-16)9-17/h1-3,10,14H,4-9,16H2. The van der Waals surface area contributed by atoms with Crippen molar-refractivity contribution < 1.29 is 4.74 Å². The van der Waals surface area contributed by atoms with Crippen molar-refractivity contribution in [1.82, 2.24) is 4.90 Å². The van der Waals surface area contributed by atoms with Crippen molar-refractivity contribution in [2.75, 3.05) is 26.2 Å². The van der Waals surface area contributed by atoms with Crippen molar-refractivity contribution in [2.45, 2.75) is 25.0 Å². The van der Waals surface area contributed by atoms with Crippen LogP contribution in [0, 0.1) is 0 Å². The van der Waals surface area contributed by atoms with Gasteiger partial charge in [0.2, 0.25) is 0 Å². The van der Waals surface area contributed by atoms with Gasteiger partial charge in [-0.2, -0.15) is 0 Å². The number of rotatable bonds is 2. The largest absolute Gasteiger partial charge is 0.374 e. The van der Waals surface area contributed by atoms with E-state index >= 15 is 0 Å². The number of halogens is 1. The molecule has 1 heterocycles. The van der Waals surface area contributed by atoms with Gasteiger partial charge in [0.15, 0.2) is 0 Å². The van der Waals surface area contributed by atoms with Crippen molar-refractivity contribution in [3.8, 4) is 0 Å². The molecule has 3 rings (SSSR count). The minimum atomic E-state index is 0.204. The molecule has 98 valence electrons. The van der Waals surface area contributed by atoms with Gasteiger partial charge in [0.05, 0.1) is 12.7 Å². The molecule has 2 aliphatic rings. The Morgan fingerprint density at radius 1 is 1.44 bits per heavy atom. The van der Waals surface area contributed by atoms with Crippen molar-refractivity contribution in [1.29, 1.82) is 0 Å². The summed E-state index contributed by atoms with van der Waals surface area (Å²) in [5, 5.41) is 0. The molecule has 4 heteroatoms. The number of ether oxygens (including phenoxy) is 1. The third-order valence-electron chi connectivity index (χ3n) is 4.06. The molecule has 0 aromatic heterocycles. The van der Waals surface area contributed by atoms with E-state index in [0.29, 0.717) is 12.6 Å². The van der Waals surface area contributed by atoms with Crippen LogP contribution >= 0.6 is 15.9 Å². The van der Waals surface area contributed by atoms with E-state index in [1.165, 1.54) is 28.4 Å². The maximum absolute atomic E-state index is 5.72. The summed E-state index contributed by atoms with van der Waals surface area (Å²) in [4.78, 5) is 2.54. The molecule has 0 saturated carbocycles.